The van der Waals surface area contributed by atoms with Crippen molar-refractivity contribution in [2.45, 2.75) is 57.5 Å². The first kappa shape index (κ1) is 16.3. The number of aromatic nitrogens is 2. The number of hydrogen-bond donors (Lipinski definition) is 1. The molecule has 21 heavy (non-hydrogen) atoms. The van der Waals surface area contributed by atoms with Crippen molar-refractivity contribution in [2.24, 2.45) is 5.92 Å². The molecule has 1 aliphatic carbocycles. The molecule has 0 spiro atoms. The van der Waals surface area contributed by atoms with Crippen molar-refractivity contribution < 1.29 is 4.79 Å². The summed E-state index contributed by atoms with van der Waals surface area (Å²) in [6.45, 7) is 4.69. The van der Waals surface area contributed by atoms with Crippen LogP contribution < -0.4 is 5.32 Å². The molecule has 0 aromatic carbocycles. The molecule has 4 nitrogen and oxygen atoms in total. The zero-order chi connectivity index (χ0) is 15.1. The molecule has 1 fully saturated rings. The van der Waals surface area contributed by atoms with Gasteiger partial charge in [-0.25, -0.2) is 9.97 Å². The van der Waals surface area contributed by atoms with Crippen molar-refractivity contribution in [1.29, 1.82) is 0 Å². The van der Waals surface area contributed by atoms with Crippen LogP contribution in [0.2, 0.25) is 0 Å². The molecule has 2 rings (SSSR count). The minimum absolute atomic E-state index is 0.0779. The normalized spacial score (nSPS) is 15.3. The molecule has 1 aromatic rings. The topological polar surface area (TPSA) is 54.9 Å². The number of nitrogens with zero attached hydrogens (tertiary/aromatic N) is 2. The second-order valence-electron chi connectivity index (χ2n) is 5.86. The lowest BCUT2D eigenvalue weighted by atomic mass is 10.0. The van der Waals surface area contributed by atoms with Crippen LogP contribution >= 0.6 is 11.8 Å². The molecule has 0 radical (unpaired) electrons. The summed E-state index contributed by atoms with van der Waals surface area (Å²) in [4.78, 5) is 20.4. The average molecular weight is 307 g/mol. The van der Waals surface area contributed by atoms with Gasteiger partial charge in [-0.15, -0.1) is 0 Å². The number of hydrogen-bond acceptors (Lipinski definition) is 4. The summed E-state index contributed by atoms with van der Waals surface area (Å²) in [5.41, 5.74) is 1.89. The molecule has 1 saturated carbocycles. The van der Waals surface area contributed by atoms with Crippen LogP contribution in [0.25, 0.3) is 0 Å². The zero-order valence-electron chi connectivity index (χ0n) is 13.0. The predicted molar refractivity (Wildman–Crippen MR) is 86.4 cm³/mol. The molecule has 1 heterocycles. The Hall–Kier alpha value is -1.10. The van der Waals surface area contributed by atoms with Gasteiger partial charge in [0.05, 0.1) is 5.75 Å². The number of carbonyl (C=O) groups excluding carboxylic acids is 1. The van der Waals surface area contributed by atoms with Gasteiger partial charge in [-0.2, -0.15) is 0 Å². The van der Waals surface area contributed by atoms with Crippen molar-refractivity contribution in [3.8, 4) is 0 Å². The first-order chi connectivity index (χ1) is 10.1. The zero-order valence-corrected chi connectivity index (χ0v) is 13.8. The molecule has 0 atom stereocenters. The molecular weight excluding hydrogens is 282 g/mol. The molecule has 1 amide bonds. The van der Waals surface area contributed by atoms with Crippen LogP contribution in [0.4, 0.5) is 0 Å². The molecule has 1 aliphatic rings. The molecule has 116 valence electrons. The monoisotopic (exact) mass is 307 g/mol. The van der Waals surface area contributed by atoms with Crippen LogP contribution in [0.15, 0.2) is 11.2 Å². The average Bonchev–Trinajstić information content (AvgIpc) is 2.93. The first-order valence-corrected chi connectivity index (χ1v) is 8.84. The van der Waals surface area contributed by atoms with Crippen LogP contribution in [0, 0.1) is 19.8 Å². The van der Waals surface area contributed by atoms with Gasteiger partial charge in [0.15, 0.2) is 5.16 Å². The Morgan fingerprint density at radius 3 is 2.62 bits per heavy atom. The summed E-state index contributed by atoms with van der Waals surface area (Å²) in [5.74, 6) is 1.38. The van der Waals surface area contributed by atoms with Crippen molar-refractivity contribution in [2.75, 3.05) is 12.3 Å². The maximum absolute atomic E-state index is 11.8. The fraction of sp³-hybridized carbons (Fsp3) is 0.688. The fourth-order valence-electron chi connectivity index (χ4n) is 2.86. The van der Waals surface area contributed by atoms with Crippen molar-refractivity contribution in [3.05, 3.63) is 17.5 Å². The van der Waals surface area contributed by atoms with Gasteiger partial charge in [0.25, 0.3) is 0 Å². The van der Waals surface area contributed by atoms with Gasteiger partial charge in [-0.05, 0) is 38.7 Å². The van der Waals surface area contributed by atoms with E-state index in [0.29, 0.717) is 10.9 Å². The standard InChI is InChI=1S/C16H25N3OS/c1-12-10-13(2)19-16(18-12)21-11-15(20)17-9-5-8-14-6-3-4-7-14/h10,14H,3-9,11H2,1-2H3,(H,17,20). The Labute approximate surface area is 131 Å². The van der Waals surface area contributed by atoms with Crippen LogP contribution in [0.3, 0.4) is 0 Å². The number of nitrogens with one attached hydrogen (secondary N) is 1. The second-order valence-corrected chi connectivity index (χ2v) is 6.81. The Bertz CT molecular complexity index is 452. The summed E-state index contributed by atoms with van der Waals surface area (Å²) in [5, 5.41) is 3.68. The number of rotatable bonds is 7. The summed E-state index contributed by atoms with van der Waals surface area (Å²) in [6, 6.07) is 1.94. The van der Waals surface area contributed by atoms with E-state index in [4.69, 9.17) is 0 Å². The molecular formula is C16H25N3OS. The Kier molecular flexibility index (Phi) is 6.49. The van der Waals surface area contributed by atoms with Gasteiger partial charge < -0.3 is 5.32 Å². The predicted octanol–water partition coefficient (Wildman–Crippen LogP) is 3.27. The van der Waals surface area contributed by atoms with Crippen LogP contribution in [-0.4, -0.2) is 28.2 Å². The molecule has 0 bridgehead atoms. The van der Waals surface area contributed by atoms with E-state index in [1.54, 1.807) is 0 Å². The maximum Gasteiger partial charge on any atom is 0.230 e. The van der Waals surface area contributed by atoms with Gasteiger partial charge in [-0.1, -0.05) is 37.4 Å². The van der Waals surface area contributed by atoms with E-state index in [1.165, 1.54) is 43.9 Å². The smallest absolute Gasteiger partial charge is 0.230 e. The molecule has 0 saturated heterocycles. The molecule has 0 aliphatic heterocycles. The van der Waals surface area contributed by atoms with E-state index >= 15 is 0 Å². The highest BCUT2D eigenvalue weighted by molar-refractivity contribution is 7.99. The fourth-order valence-corrected chi connectivity index (χ4v) is 3.64. The van der Waals surface area contributed by atoms with Gasteiger partial charge >= 0.3 is 0 Å². The minimum Gasteiger partial charge on any atom is -0.355 e. The minimum atomic E-state index is 0.0779. The van der Waals surface area contributed by atoms with Crippen molar-refractivity contribution in [3.63, 3.8) is 0 Å². The van der Waals surface area contributed by atoms with E-state index in [9.17, 15) is 4.79 Å². The Morgan fingerprint density at radius 1 is 1.29 bits per heavy atom. The lowest BCUT2D eigenvalue weighted by molar-refractivity contribution is -0.118. The third kappa shape index (κ3) is 6.04. The van der Waals surface area contributed by atoms with Gasteiger partial charge in [0.2, 0.25) is 5.91 Å². The number of aryl methyl sites for hydroxylation is 2. The van der Waals surface area contributed by atoms with Crippen LogP contribution in [-0.2, 0) is 4.79 Å². The summed E-state index contributed by atoms with van der Waals surface area (Å²) < 4.78 is 0. The quantitative estimate of drug-likeness (QED) is 0.477. The molecule has 1 aromatic heterocycles. The van der Waals surface area contributed by atoms with E-state index in [-0.39, 0.29) is 5.91 Å². The van der Waals surface area contributed by atoms with Gasteiger partial charge in [0.1, 0.15) is 0 Å². The van der Waals surface area contributed by atoms with Crippen LogP contribution in [0.5, 0.6) is 0 Å². The number of amides is 1. The Balaban J connectivity index is 1.60. The van der Waals surface area contributed by atoms with E-state index in [0.717, 1.165) is 30.3 Å². The molecule has 1 N–H and O–H groups in total. The lowest BCUT2D eigenvalue weighted by Crippen LogP contribution is -2.26. The summed E-state index contributed by atoms with van der Waals surface area (Å²) >= 11 is 1.41. The van der Waals surface area contributed by atoms with E-state index in [2.05, 4.69) is 15.3 Å². The summed E-state index contributed by atoms with van der Waals surface area (Å²) in [6.07, 6.45) is 7.91. The number of carbonyl (C=O) groups is 1. The first-order valence-electron chi connectivity index (χ1n) is 7.85. The lowest BCUT2D eigenvalue weighted by Gasteiger charge is -2.09. The summed E-state index contributed by atoms with van der Waals surface area (Å²) in [7, 11) is 0. The maximum atomic E-state index is 11.8. The van der Waals surface area contributed by atoms with E-state index < -0.39 is 0 Å². The highest BCUT2D eigenvalue weighted by Gasteiger charge is 2.14. The second kappa shape index (κ2) is 8.37. The molecule has 0 unspecified atom stereocenters. The largest absolute Gasteiger partial charge is 0.355 e. The van der Waals surface area contributed by atoms with E-state index in [1.807, 2.05) is 19.9 Å². The Morgan fingerprint density at radius 2 is 1.95 bits per heavy atom. The highest BCUT2D eigenvalue weighted by atomic mass is 32.2. The number of thioether (sulfide) groups is 1. The highest BCUT2D eigenvalue weighted by Crippen LogP contribution is 2.28. The van der Waals surface area contributed by atoms with Crippen molar-refractivity contribution in [1.82, 2.24) is 15.3 Å². The van der Waals surface area contributed by atoms with Gasteiger partial charge in [-0.3, -0.25) is 4.79 Å². The molecule has 5 heteroatoms. The van der Waals surface area contributed by atoms with Gasteiger partial charge in [0, 0.05) is 17.9 Å². The van der Waals surface area contributed by atoms with Crippen LogP contribution in [0.1, 0.15) is 49.9 Å². The third-order valence-corrected chi connectivity index (χ3v) is 4.73. The third-order valence-electron chi connectivity index (χ3n) is 3.88. The SMILES string of the molecule is Cc1cc(C)nc(SCC(=O)NCCCC2CCCC2)n1. The van der Waals surface area contributed by atoms with Crippen molar-refractivity contribution >= 4 is 17.7 Å².